The first-order chi connectivity index (χ1) is 6.50. The topological polar surface area (TPSA) is 63.3 Å². The quantitative estimate of drug-likeness (QED) is 0.729. The van der Waals surface area contributed by atoms with E-state index in [1.165, 1.54) is 0 Å². The lowest BCUT2D eigenvalue weighted by Gasteiger charge is -2.35. The zero-order valence-corrected chi connectivity index (χ0v) is 9.07. The van der Waals surface area contributed by atoms with Crippen LogP contribution in [0.3, 0.4) is 0 Å². The van der Waals surface area contributed by atoms with Gasteiger partial charge in [0, 0.05) is 12.5 Å². The number of carboxylic acid groups (broad SMARTS) is 1. The van der Waals surface area contributed by atoms with Crippen molar-refractivity contribution >= 4 is 5.97 Å². The van der Waals surface area contributed by atoms with Crippen LogP contribution in [0.1, 0.15) is 39.5 Å². The van der Waals surface area contributed by atoms with Gasteiger partial charge in [-0.2, -0.15) is 0 Å². The van der Waals surface area contributed by atoms with E-state index in [2.05, 4.69) is 13.8 Å². The molecule has 3 heteroatoms. The van der Waals surface area contributed by atoms with Crippen molar-refractivity contribution in [2.75, 3.05) is 0 Å². The summed E-state index contributed by atoms with van der Waals surface area (Å²) in [5.41, 5.74) is 5.93. The molecule has 1 saturated carbocycles. The molecule has 3 N–H and O–H groups in total. The predicted molar refractivity (Wildman–Crippen MR) is 55.9 cm³/mol. The van der Waals surface area contributed by atoms with Crippen molar-refractivity contribution in [1.82, 2.24) is 0 Å². The Kier molecular flexibility index (Phi) is 3.93. The van der Waals surface area contributed by atoms with Gasteiger partial charge in [-0.05, 0) is 37.0 Å². The molecule has 0 aliphatic heterocycles. The van der Waals surface area contributed by atoms with E-state index in [-0.39, 0.29) is 18.4 Å². The minimum absolute atomic E-state index is 0.0982. The van der Waals surface area contributed by atoms with Crippen molar-refractivity contribution in [3.05, 3.63) is 0 Å². The number of hydrogen-bond donors (Lipinski definition) is 2. The molecule has 0 aromatic rings. The maximum absolute atomic E-state index is 10.6. The van der Waals surface area contributed by atoms with Crippen molar-refractivity contribution in [3.63, 3.8) is 0 Å². The molecule has 0 aromatic carbocycles. The van der Waals surface area contributed by atoms with Gasteiger partial charge in [-0.15, -0.1) is 0 Å². The molecule has 0 aromatic heterocycles. The summed E-state index contributed by atoms with van der Waals surface area (Å²) in [4.78, 5) is 10.6. The summed E-state index contributed by atoms with van der Waals surface area (Å²) in [6, 6.07) is 0.0982. The summed E-state index contributed by atoms with van der Waals surface area (Å²) in [6.07, 6.45) is 3.38. The van der Waals surface area contributed by atoms with E-state index < -0.39 is 5.97 Å². The molecular weight excluding hydrogens is 178 g/mol. The highest BCUT2D eigenvalue weighted by Crippen LogP contribution is 2.34. The van der Waals surface area contributed by atoms with Gasteiger partial charge in [0.1, 0.15) is 0 Å². The molecule has 1 aliphatic rings. The lowest BCUT2D eigenvalue weighted by Crippen LogP contribution is -2.38. The Morgan fingerprint density at radius 3 is 2.64 bits per heavy atom. The van der Waals surface area contributed by atoms with Crippen molar-refractivity contribution in [1.29, 1.82) is 0 Å². The van der Waals surface area contributed by atoms with Gasteiger partial charge in [-0.1, -0.05) is 13.8 Å². The van der Waals surface area contributed by atoms with E-state index in [4.69, 9.17) is 10.8 Å². The first kappa shape index (κ1) is 11.5. The van der Waals surface area contributed by atoms with Gasteiger partial charge in [-0.3, -0.25) is 4.79 Å². The molecule has 0 radical (unpaired) electrons. The summed E-state index contributed by atoms with van der Waals surface area (Å²) >= 11 is 0. The normalized spacial score (nSPS) is 33.3. The SMILES string of the molecule is CC(C)C1CCC(N)C(CC(=O)O)C1. The maximum Gasteiger partial charge on any atom is 0.303 e. The first-order valence-electron chi connectivity index (χ1n) is 5.48. The molecular formula is C11H21NO2. The van der Waals surface area contributed by atoms with Gasteiger partial charge in [0.2, 0.25) is 0 Å². The van der Waals surface area contributed by atoms with Crippen LogP contribution in [0.2, 0.25) is 0 Å². The van der Waals surface area contributed by atoms with Crippen LogP contribution in [0.5, 0.6) is 0 Å². The first-order valence-corrected chi connectivity index (χ1v) is 5.48. The smallest absolute Gasteiger partial charge is 0.303 e. The Morgan fingerprint density at radius 1 is 1.50 bits per heavy atom. The van der Waals surface area contributed by atoms with Crippen molar-refractivity contribution < 1.29 is 9.90 Å². The van der Waals surface area contributed by atoms with Crippen molar-refractivity contribution in [3.8, 4) is 0 Å². The van der Waals surface area contributed by atoms with E-state index in [1.807, 2.05) is 0 Å². The van der Waals surface area contributed by atoms with Crippen LogP contribution in [0.25, 0.3) is 0 Å². The zero-order chi connectivity index (χ0) is 10.7. The third-order valence-electron chi connectivity index (χ3n) is 3.46. The number of rotatable bonds is 3. The minimum atomic E-state index is -0.713. The molecule has 3 unspecified atom stereocenters. The fourth-order valence-corrected chi connectivity index (χ4v) is 2.39. The fourth-order valence-electron chi connectivity index (χ4n) is 2.39. The van der Waals surface area contributed by atoms with Crippen LogP contribution in [0, 0.1) is 17.8 Å². The molecule has 0 saturated heterocycles. The van der Waals surface area contributed by atoms with Gasteiger partial charge < -0.3 is 10.8 Å². The molecule has 3 atom stereocenters. The van der Waals surface area contributed by atoms with E-state index in [1.54, 1.807) is 0 Å². The Balaban J connectivity index is 2.50. The highest BCUT2D eigenvalue weighted by atomic mass is 16.4. The second-order valence-corrected chi connectivity index (χ2v) is 4.84. The molecule has 0 heterocycles. The molecule has 14 heavy (non-hydrogen) atoms. The van der Waals surface area contributed by atoms with Crippen LogP contribution in [-0.4, -0.2) is 17.1 Å². The number of nitrogens with two attached hydrogens (primary N) is 1. The Labute approximate surface area is 85.7 Å². The molecule has 0 bridgehead atoms. The Hall–Kier alpha value is -0.570. The predicted octanol–water partition coefficient (Wildman–Crippen LogP) is 1.86. The fraction of sp³-hybridized carbons (Fsp3) is 0.909. The van der Waals surface area contributed by atoms with Gasteiger partial charge in [0.25, 0.3) is 0 Å². The molecule has 1 rings (SSSR count). The standard InChI is InChI=1S/C11H21NO2/c1-7(2)8-3-4-10(12)9(5-8)6-11(13)14/h7-10H,3-6,12H2,1-2H3,(H,13,14). The molecule has 1 aliphatic carbocycles. The van der Waals surface area contributed by atoms with Crippen molar-refractivity contribution in [2.24, 2.45) is 23.5 Å². The number of carboxylic acids is 1. The number of carbonyl (C=O) groups is 1. The van der Waals surface area contributed by atoms with E-state index in [0.29, 0.717) is 11.8 Å². The highest BCUT2D eigenvalue weighted by Gasteiger charge is 2.30. The molecule has 3 nitrogen and oxygen atoms in total. The second kappa shape index (κ2) is 4.78. The lowest BCUT2D eigenvalue weighted by molar-refractivity contribution is -0.138. The highest BCUT2D eigenvalue weighted by molar-refractivity contribution is 5.67. The van der Waals surface area contributed by atoms with Crippen LogP contribution < -0.4 is 5.73 Å². The third-order valence-corrected chi connectivity index (χ3v) is 3.46. The van der Waals surface area contributed by atoms with E-state index in [0.717, 1.165) is 19.3 Å². The number of aliphatic carboxylic acids is 1. The molecule has 0 amide bonds. The summed E-state index contributed by atoms with van der Waals surface area (Å²) in [6.45, 7) is 4.42. The van der Waals surface area contributed by atoms with Gasteiger partial charge in [-0.25, -0.2) is 0 Å². The number of hydrogen-bond acceptors (Lipinski definition) is 2. The Bertz CT molecular complexity index is 203. The second-order valence-electron chi connectivity index (χ2n) is 4.84. The average molecular weight is 199 g/mol. The van der Waals surface area contributed by atoms with Crippen molar-refractivity contribution in [2.45, 2.75) is 45.6 Å². The van der Waals surface area contributed by atoms with Crippen LogP contribution in [-0.2, 0) is 4.79 Å². The minimum Gasteiger partial charge on any atom is -0.481 e. The van der Waals surface area contributed by atoms with Crippen LogP contribution >= 0.6 is 0 Å². The van der Waals surface area contributed by atoms with Gasteiger partial charge in [0.05, 0.1) is 0 Å². The Morgan fingerprint density at radius 2 is 2.14 bits per heavy atom. The zero-order valence-electron chi connectivity index (χ0n) is 9.07. The third kappa shape index (κ3) is 2.98. The summed E-state index contributed by atoms with van der Waals surface area (Å²) < 4.78 is 0. The summed E-state index contributed by atoms with van der Waals surface area (Å²) in [7, 11) is 0. The van der Waals surface area contributed by atoms with Gasteiger partial charge in [0.15, 0.2) is 0 Å². The van der Waals surface area contributed by atoms with E-state index >= 15 is 0 Å². The summed E-state index contributed by atoms with van der Waals surface area (Å²) in [5, 5.41) is 8.75. The average Bonchev–Trinajstić information content (AvgIpc) is 2.07. The van der Waals surface area contributed by atoms with Crippen LogP contribution in [0.15, 0.2) is 0 Å². The monoisotopic (exact) mass is 199 g/mol. The maximum atomic E-state index is 10.6. The molecule has 0 spiro atoms. The summed E-state index contributed by atoms with van der Waals surface area (Å²) in [5.74, 6) is 0.793. The van der Waals surface area contributed by atoms with Crippen LogP contribution in [0.4, 0.5) is 0 Å². The van der Waals surface area contributed by atoms with E-state index in [9.17, 15) is 4.79 Å². The molecule has 82 valence electrons. The lowest BCUT2D eigenvalue weighted by atomic mass is 9.73. The molecule has 1 fully saturated rings. The van der Waals surface area contributed by atoms with Gasteiger partial charge >= 0.3 is 5.97 Å². The largest absolute Gasteiger partial charge is 0.481 e.